The molecule has 1 rings (SSSR count). The second-order valence-corrected chi connectivity index (χ2v) is 3.05. The second-order valence-electron chi connectivity index (χ2n) is 2.24. The van der Waals surface area contributed by atoms with Crippen LogP contribution in [-0.2, 0) is 0 Å². The molecule has 12 heavy (non-hydrogen) atoms. The van der Waals surface area contributed by atoms with Gasteiger partial charge in [0.1, 0.15) is 10.3 Å². The number of aromatic nitrogens is 1. The van der Waals surface area contributed by atoms with Crippen LogP contribution in [0, 0.1) is 6.92 Å². The van der Waals surface area contributed by atoms with Gasteiger partial charge < -0.3 is 0 Å². The summed E-state index contributed by atoms with van der Waals surface area (Å²) < 4.78 is 0.562. The Morgan fingerprint density at radius 2 is 2.33 bits per heavy atom. The van der Waals surface area contributed by atoms with Crippen molar-refractivity contribution in [1.82, 2.24) is 10.5 Å². The summed E-state index contributed by atoms with van der Waals surface area (Å²) in [5.41, 5.74) is 2.45. The summed E-state index contributed by atoms with van der Waals surface area (Å²) in [6.07, 6.45) is 0. The Hall–Kier alpha value is -0.940. The minimum Gasteiger partial charge on any atom is -0.288 e. The fourth-order valence-corrected chi connectivity index (χ4v) is 1.10. The molecule has 0 saturated heterocycles. The van der Waals surface area contributed by atoms with Crippen molar-refractivity contribution in [1.29, 1.82) is 0 Å². The van der Waals surface area contributed by atoms with Crippen LogP contribution in [0.25, 0.3) is 0 Å². The molecule has 0 fully saturated rings. The number of rotatable bonds is 1. The van der Waals surface area contributed by atoms with Gasteiger partial charge in [-0.15, -0.1) is 0 Å². The predicted molar refractivity (Wildman–Crippen MR) is 45.9 cm³/mol. The summed E-state index contributed by atoms with van der Waals surface area (Å²) >= 11 is 3.12. The minimum absolute atomic E-state index is 0.215. The van der Waals surface area contributed by atoms with Crippen molar-refractivity contribution < 1.29 is 10.0 Å². The number of nitrogens with zero attached hydrogens (tertiary/aromatic N) is 1. The lowest BCUT2D eigenvalue weighted by Crippen LogP contribution is -2.21. The highest BCUT2D eigenvalue weighted by Crippen LogP contribution is 2.10. The number of hydrogen-bond acceptors (Lipinski definition) is 3. The average molecular weight is 231 g/mol. The molecule has 1 aromatic heterocycles. The normalized spacial score (nSPS) is 9.58. The zero-order valence-electron chi connectivity index (χ0n) is 6.34. The summed E-state index contributed by atoms with van der Waals surface area (Å²) in [5.74, 6) is -0.603. The quantitative estimate of drug-likeness (QED) is 0.434. The van der Waals surface area contributed by atoms with Gasteiger partial charge in [0.15, 0.2) is 0 Å². The number of aryl methyl sites for hydroxylation is 1. The van der Waals surface area contributed by atoms with Crippen LogP contribution in [0.5, 0.6) is 0 Å². The molecule has 1 amide bonds. The Morgan fingerprint density at radius 3 is 2.92 bits per heavy atom. The molecule has 5 heteroatoms. The molecule has 64 valence electrons. The number of hydroxylamine groups is 1. The van der Waals surface area contributed by atoms with Crippen molar-refractivity contribution in [3.05, 3.63) is 28.0 Å². The van der Waals surface area contributed by atoms with Gasteiger partial charge in [-0.2, -0.15) is 0 Å². The van der Waals surface area contributed by atoms with E-state index in [1.54, 1.807) is 19.1 Å². The first-order chi connectivity index (χ1) is 5.65. The topological polar surface area (TPSA) is 62.2 Å². The van der Waals surface area contributed by atoms with Crippen LogP contribution >= 0.6 is 15.9 Å². The first kappa shape index (κ1) is 9.15. The fraction of sp³-hybridized carbons (Fsp3) is 0.143. The molecule has 0 aliphatic rings. The summed E-state index contributed by atoms with van der Waals surface area (Å²) in [4.78, 5) is 14.8. The van der Waals surface area contributed by atoms with Crippen LogP contribution in [0.1, 0.15) is 16.1 Å². The highest BCUT2D eigenvalue weighted by Gasteiger charge is 2.09. The van der Waals surface area contributed by atoms with Crippen molar-refractivity contribution in [2.45, 2.75) is 6.92 Å². The van der Waals surface area contributed by atoms with Gasteiger partial charge in [0, 0.05) is 0 Å². The second kappa shape index (κ2) is 3.64. The van der Waals surface area contributed by atoms with E-state index in [4.69, 9.17) is 5.21 Å². The molecule has 0 saturated carbocycles. The van der Waals surface area contributed by atoms with Gasteiger partial charge >= 0.3 is 0 Å². The van der Waals surface area contributed by atoms with E-state index in [0.29, 0.717) is 10.2 Å². The standard InChI is InChI=1S/C7H7BrN2O2/c1-4-2-3-5(8)9-6(4)7(11)10-12/h2-3,12H,1H3,(H,10,11). The van der Waals surface area contributed by atoms with Gasteiger partial charge in [-0.1, -0.05) is 6.07 Å². The summed E-state index contributed by atoms with van der Waals surface area (Å²) in [6.45, 7) is 1.74. The van der Waals surface area contributed by atoms with Gasteiger partial charge in [0.2, 0.25) is 0 Å². The Bertz CT molecular complexity index is 314. The van der Waals surface area contributed by atoms with Gasteiger partial charge in [0.25, 0.3) is 5.91 Å². The maximum atomic E-state index is 10.9. The van der Waals surface area contributed by atoms with E-state index in [2.05, 4.69) is 20.9 Å². The monoisotopic (exact) mass is 230 g/mol. The molecule has 0 bridgehead atoms. The van der Waals surface area contributed by atoms with Gasteiger partial charge in [-0.3, -0.25) is 10.0 Å². The smallest absolute Gasteiger partial charge is 0.288 e. The first-order valence-corrected chi connectivity index (χ1v) is 4.02. The van der Waals surface area contributed by atoms with Crippen molar-refractivity contribution in [3.8, 4) is 0 Å². The molecule has 0 aliphatic carbocycles. The Balaban J connectivity index is 3.13. The van der Waals surface area contributed by atoms with Gasteiger partial charge in [-0.25, -0.2) is 10.5 Å². The zero-order chi connectivity index (χ0) is 9.14. The van der Waals surface area contributed by atoms with Crippen LogP contribution in [-0.4, -0.2) is 16.1 Å². The Labute approximate surface area is 77.7 Å². The lowest BCUT2D eigenvalue weighted by atomic mass is 10.2. The summed E-state index contributed by atoms with van der Waals surface area (Å²) in [5, 5.41) is 8.35. The molecule has 0 aromatic carbocycles. The fourth-order valence-electron chi connectivity index (χ4n) is 0.788. The molecule has 0 spiro atoms. The third kappa shape index (κ3) is 1.80. The number of hydrogen-bond donors (Lipinski definition) is 2. The summed E-state index contributed by atoms with van der Waals surface area (Å²) in [6, 6.07) is 3.46. The van der Waals surface area contributed by atoms with E-state index in [-0.39, 0.29) is 5.69 Å². The van der Waals surface area contributed by atoms with Crippen molar-refractivity contribution in [2.75, 3.05) is 0 Å². The Kier molecular flexibility index (Phi) is 2.78. The van der Waals surface area contributed by atoms with E-state index < -0.39 is 5.91 Å². The molecule has 4 nitrogen and oxygen atoms in total. The van der Waals surface area contributed by atoms with E-state index >= 15 is 0 Å². The van der Waals surface area contributed by atoms with E-state index in [0.717, 1.165) is 0 Å². The van der Waals surface area contributed by atoms with Crippen LogP contribution in [0.4, 0.5) is 0 Å². The molecule has 0 aliphatic heterocycles. The highest BCUT2D eigenvalue weighted by molar-refractivity contribution is 9.10. The third-order valence-corrected chi connectivity index (χ3v) is 1.82. The lowest BCUT2D eigenvalue weighted by molar-refractivity contribution is 0.0700. The summed E-state index contributed by atoms with van der Waals surface area (Å²) in [7, 11) is 0. The molecule has 1 aromatic rings. The molecule has 0 unspecified atom stereocenters. The van der Waals surface area contributed by atoms with Crippen molar-refractivity contribution in [3.63, 3.8) is 0 Å². The molecule has 2 N–H and O–H groups in total. The minimum atomic E-state index is -0.603. The largest absolute Gasteiger partial charge is 0.293 e. The Morgan fingerprint density at radius 1 is 1.67 bits per heavy atom. The van der Waals surface area contributed by atoms with E-state index in [9.17, 15) is 4.79 Å². The van der Waals surface area contributed by atoms with E-state index in [1.165, 1.54) is 5.48 Å². The van der Waals surface area contributed by atoms with Crippen LogP contribution in [0.2, 0.25) is 0 Å². The molecular weight excluding hydrogens is 224 g/mol. The average Bonchev–Trinajstić information content (AvgIpc) is 2.08. The lowest BCUT2D eigenvalue weighted by Gasteiger charge is -2.01. The first-order valence-electron chi connectivity index (χ1n) is 3.22. The van der Waals surface area contributed by atoms with Gasteiger partial charge in [-0.05, 0) is 34.5 Å². The molecule has 0 radical (unpaired) electrons. The van der Waals surface area contributed by atoms with Crippen LogP contribution in [0.3, 0.4) is 0 Å². The molecular formula is C7H7BrN2O2. The van der Waals surface area contributed by atoms with Crippen LogP contribution in [0.15, 0.2) is 16.7 Å². The number of carbonyl (C=O) groups is 1. The zero-order valence-corrected chi connectivity index (χ0v) is 7.92. The number of amides is 1. The number of halogens is 1. The number of nitrogens with one attached hydrogen (secondary N) is 1. The number of pyridine rings is 1. The predicted octanol–water partition coefficient (Wildman–Crippen LogP) is 1.27. The number of carbonyl (C=O) groups excluding carboxylic acids is 1. The third-order valence-electron chi connectivity index (χ3n) is 1.38. The molecule has 1 heterocycles. The van der Waals surface area contributed by atoms with Gasteiger partial charge in [0.05, 0.1) is 0 Å². The van der Waals surface area contributed by atoms with E-state index in [1.807, 2.05) is 0 Å². The SMILES string of the molecule is Cc1ccc(Br)nc1C(=O)NO. The highest BCUT2D eigenvalue weighted by atomic mass is 79.9. The van der Waals surface area contributed by atoms with Crippen LogP contribution < -0.4 is 5.48 Å². The van der Waals surface area contributed by atoms with Crippen molar-refractivity contribution >= 4 is 21.8 Å². The molecule has 0 atom stereocenters. The maximum Gasteiger partial charge on any atom is 0.293 e. The van der Waals surface area contributed by atoms with Crippen molar-refractivity contribution in [2.24, 2.45) is 0 Å². The maximum absolute atomic E-state index is 10.9.